The highest BCUT2D eigenvalue weighted by atomic mass is 35.5. The van der Waals surface area contributed by atoms with Crippen molar-refractivity contribution in [1.29, 1.82) is 0 Å². The molecule has 0 aliphatic carbocycles. The molecule has 0 aliphatic rings. The van der Waals surface area contributed by atoms with Crippen LogP contribution in [0.4, 0.5) is 0 Å². The number of thioether (sulfide) groups is 1. The van der Waals surface area contributed by atoms with E-state index < -0.39 is 0 Å². The van der Waals surface area contributed by atoms with Crippen LogP contribution in [0.5, 0.6) is 0 Å². The van der Waals surface area contributed by atoms with Gasteiger partial charge < -0.3 is 4.74 Å². The minimum atomic E-state index is -0.0626. The molecule has 130 valence electrons. The molecular formula is C18H16Cl2N2O2S. The minimum Gasteiger partial charge on any atom is -0.383 e. The van der Waals surface area contributed by atoms with Gasteiger partial charge in [0.15, 0.2) is 5.16 Å². The van der Waals surface area contributed by atoms with Crippen LogP contribution in [-0.4, -0.2) is 23.3 Å². The summed E-state index contributed by atoms with van der Waals surface area (Å²) in [7, 11) is 1.61. The highest BCUT2D eigenvalue weighted by Crippen LogP contribution is 2.28. The molecule has 3 rings (SSSR count). The van der Waals surface area contributed by atoms with Crippen molar-refractivity contribution in [2.75, 3.05) is 13.7 Å². The molecular weight excluding hydrogens is 379 g/mol. The van der Waals surface area contributed by atoms with Crippen LogP contribution in [0.25, 0.3) is 10.9 Å². The van der Waals surface area contributed by atoms with Gasteiger partial charge in [0.1, 0.15) is 0 Å². The van der Waals surface area contributed by atoms with E-state index in [4.69, 9.17) is 27.9 Å². The van der Waals surface area contributed by atoms with Gasteiger partial charge in [0.05, 0.1) is 24.1 Å². The Kier molecular flexibility index (Phi) is 6.02. The van der Waals surface area contributed by atoms with E-state index in [9.17, 15) is 4.79 Å². The number of para-hydroxylation sites is 1. The van der Waals surface area contributed by atoms with Crippen molar-refractivity contribution in [3.63, 3.8) is 0 Å². The standard InChI is InChI=1S/C18H16Cl2N2O2S/c1-24-9-8-22-17(23)14-4-2-3-5-16(14)21-18(22)25-11-12-6-7-13(19)10-15(12)20/h2-7,10H,8-9,11H2,1H3. The fraction of sp³-hybridized carbons (Fsp3) is 0.222. The van der Waals surface area contributed by atoms with Crippen LogP contribution in [0.15, 0.2) is 52.4 Å². The monoisotopic (exact) mass is 394 g/mol. The lowest BCUT2D eigenvalue weighted by Gasteiger charge is -2.13. The average Bonchev–Trinajstić information content (AvgIpc) is 2.60. The zero-order chi connectivity index (χ0) is 17.8. The van der Waals surface area contributed by atoms with Gasteiger partial charge in [-0.1, -0.05) is 53.2 Å². The molecule has 2 aromatic carbocycles. The second kappa shape index (κ2) is 8.23. The number of nitrogens with zero attached hydrogens (tertiary/aromatic N) is 2. The van der Waals surface area contributed by atoms with Crippen molar-refractivity contribution in [1.82, 2.24) is 9.55 Å². The Labute approximate surface area is 159 Å². The highest BCUT2D eigenvalue weighted by molar-refractivity contribution is 7.98. The normalized spacial score (nSPS) is 11.2. The molecule has 0 N–H and O–H groups in total. The smallest absolute Gasteiger partial charge is 0.262 e. The van der Waals surface area contributed by atoms with Gasteiger partial charge in [-0.3, -0.25) is 9.36 Å². The number of aromatic nitrogens is 2. The van der Waals surface area contributed by atoms with Gasteiger partial charge >= 0.3 is 0 Å². The van der Waals surface area contributed by atoms with Crippen LogP contribution in [0.3, 0.4) is 0 Å². The maximum absolute atomic E-state index is 12.8. The summed E-state index contributed by atoms with van der Waals surface area (Å²) in [6, 6.07) is 12.7. The lowest BCUT2D eigenvalue weighted by atomic mass is 10.2. The summed E-state index contributed by atoms with van der Waals surface area (Å²) in [5.41, 5.74) is 1.56. The molecule has 0 saturated heterocycles. The first-order chi connectivity index (χ1) is 12.1. The van der Waals surface area contributed by atoms with Crippen molar-refractivity contribution in [2.45, 2.75) is 17.5 Å². The van der Waals surface area contributed by atoms with E-state index in [1.54, 1.807) is 29.9 Å². The second-order valence-corrected chi connectivity index (χ2v) is 7.17. The summed E-state index contributed by atoms with van der Waals surface area (Å²) in [6.45, 7) is 0.888. The van der Waals surface area contributed by atoms with Gasteiger partial charge in [0, 0.05) is 22.9 Å². The third-order valence-electron chi connectivity index (χ3n) is 3.72. The zero-order valence-corrected chi connectivity index (χ0v) is 15.9. The summed E-state index contributed by atoms with van der Waals surface area (Å²) < 4.78 is 6.78. The first-order valence-corrected chi connectivity index (χ1v) is 9.39. The Balaban J connectivity index is 1.97. The number of ether oxygens (including phenoxy) is 1. The van der Waals surface area contributed by atoms with Gasteiger partial charge in [-0.25, -0.2) is 4.98 Å². The van der Waals surface area contributed by atoms with E-state index in [2.05, 4.69) is 4.98 Å². The van der Waals surface area contributed by atoms with Crippen LogP contribution >= 0.6 is 35.0 Å². The molecule has 0 saturated carbocycles. The van der Waals surface area contributed by atoms with Gasteiger partial charge in [-0.05, 0) is 29.8 Å². The Morgan fingerprint density at radius 3 is 2.76 bits per heavy atom. The maximum atomic E-state index is 12.8. The molecule has 0 bridgehead atoms. The fourth-order valence-electron chi connectivity index (χ4n) is 2.42. The first-order valence-electron chi connectivity index (χ1n) is 7.65. The van der Waals surface area contributed by atoms with Gasteiger partial charge in [0.25, 0.3) is 5.56 Å². The maximum Gasteiger partial charge on any atom is 0.262 e. The summed E-state index contributed by atoms with van der Waals surface area (Å²) in [4.78, 5) is 17.4. The van der Waals surface area contributed by atoms with Crippen molar-refractivity contribution < 1.29 is 4.74 Å². The molecule has 4 nitrogen and oxygen atoms in total. The predicted octanol–water partition coefficient (Wildman–Crippen LogP) is 4.64. The Morgan fingerprint density at radius 2 is 2.00 bits per heavy atom. The molecule has 3 aromatic rings. The lowest BCUT2D eigenvalue weighted by molar-refractivity contribution is 0.183. The van der Waals surface area contributed by atoms with Gasteiger partial charge in [-0.15, -0.1) is 0 Å². The summed E-state index contributed by atoms with van der Waals surface area (Å²) >= 11 is 13.6. The van der Waals surface area contributed by atoms with E-state index in [1.165, 1.54) is 11.8 Å². The van der Waals surface area contributed by atoms with Gasteiger partial charge in [-0.2, -0.15) is 0 Å². The summed E-state index contributed by atoms with van der Waals surface area (Å²) in [5, 5.41) is 2.45. The SMILES string of the molecule is COCCn1c(SCc2ccc(Cl)cc2Cl)nc2ccccc2c1=O. The average molecular weight is 395 g/mol. The first kappa shape index (κ1) is 18.3. The number of rotatable bonds is 6. The molecule has 0 amide bonds. The molecule has 1 aromatic heterocycles. The molecule has 25 heavy (non-hydrogen) atoms. The second-order valence-electron chi connectivity index (χ2n) is 5.39. The van der Waals surface area contributed by atoms with E-state index in [0.29, 0.717) is 45.0 Å². The quantitative estimate of drug-likeness (QED) is 0.451. The Bertz CT molecular complexity index is 959. The van der Waals surface area contributed by atoms with Gasteiger partial charge in [0.2, 0.25) is 0 Å². The summed E-state index contributed by atoms with van der Waals surface area (Å²) in [5.74, 6) is 0.591. The molecule has 0 fully saturated rings. The molecule has 0 unspecified atom stereocenters. The minimum absolute atomic E-state index is 0.0626. The Morgan fingerprint density at radius 1 is 1.20 bits per heavy atom. The third kappa shape index (κ3) is 4.18. The van der Waals surface area contributed by atoms with E-state index in [0.717, 1.165) is 5.56 Å². The van der Waals surface area contributed by atoms with E-state index in [-0.39, 0.29) is 5.56 Å². The number of hydrogen-bond acceptors (Lipinski definition) is 4. The number of halogens is 2. The topological polar surface area (TPSA) is 44.1 Å². The van der Waals surface area contributed by atoms with Crippen LogP contribution in [0, 0.1) is 0 Å². The van der Waals surface area contributed by atoms with Crippen LogP contribution in [0.2, 0.25) is 10.0 Å². The van der Waals surface area contributed by atoms with Crippen LogP contribution in [-0.2, 0) is 17.0 Å². The van der Waals surface area contributed by atoms with E-state index >= 15 is 0 Å². The van der Waals surface area contributed by atoms with Crippen LogP contribution < -0.4 is 5.56 Å². The van der Waals surface area contributed by atoms with Crippen molar-refractivity contribution in [3.05, 3.63) is 68.4 Å². The summed E-state index contributed by atoms with van der Waals surface area (Å²) in [6.07, 6.45) is 0. The lowest BCUT2D eigenvalue weighted by Crippen LogP contribution is -2.25. The molecule has 0 spiro atoms. The fourth-order valence-corrected chi connectivity index (χ4v) is 4.00. The number of benzene rings is 2. The number of fused-ring (bicyclic) bond motifs is 1. The molecule has 0 atom stereocenters. The third-order valence-corrected chi connectivity index (χ3v) is 5.33. The zero-order valence-electron chi connectivity index (χ0n) is 13.5. The van der Waals surface area contributed by atoms with Crippen molar-refractivity contribution in [3.8, 4) is 0 Å². The van der Waals surface area contributed by atoms with Crippen LogP contribution in [0.1, 0.15) is 5.56 Å². The molecule has 0 aliphatic heterocycles. The van der Waals surface area contributed by atoms with E-state index in [1.807, 2.05) is 24.3 Å². The predicted molar refractivity (Wildman–Crippen MR) is 104 cm³/mol. The number of hydrogen-bond donors (Lipinski definition) is 0. The van der Waals surface area contributed by atoms with Crippen molar-refractivity contribution in [2.24, 2.45) is 0 Å². The molecule has 0 radical (unpaired) electrons. The molecule has 7 heteroatoms. The Hall–Kier alpha value is -1.53. The number of methoxy groups -OCH3 is 1. The largest absolute Gasteiger partial charge is 0.383 e. The highest BCUT2D eigenvalue weighted by Gasteiger charge is 2.12. The van der Waals surface area contributed by atoms with Crippen molar-refractivity contribution >= 4 is 45.9 Å². The molecule has 1 heterocycles.